The summed E-state index contributed by atoms with van der Waals surface area (Å²) in [5.41, 5.74) is 5.76. The number of amides is 1. The molecule has 4 N–H and O–H groups in total. The van der Waals surface area contributed by atoms with Crippen LogP contribution in [-0.2, 0) is 19.1 Å². The lowest BCUT2D eigenvalue weighted by Gasteiger charge is -2.23. The Balaban J connectivity index is 1.32. The second kappa shape index (κ2) is 15.7. The van der Waals surface area contributed by atoms with Crippen molar-refractivity contribution in [3.8, 4) is 5.75 Å². The minimum atomic E-state index is -0.928. The number of rotatable bonds is 16. The molecule has 2 aromatic carbocycles. The van der Waals surface area contributed by atoms with Crippen LogP contribution in [0.3, 0.4) is 0 Å². The number of aliphatic hydroxyl groups excluding tert-OH is 2. The lowest BCUT2D eigenvalue weighted by molar-refractivity contribution is -0.142. The molecule has 1 fully saturated rings. The fourth-order valence-electron chi connectivity index (χ4n) is 4.29. The summed E-state index contributed by atoms with van der Waals surface area (Å²) < 4.78 is 16.2. The van der Waals surface area contributed by atoms with Crippen molar-refractivity contribution in [2.24, 2.45) is 11.7 Å². The van der Waals surface area contributed by atoms with E-state index in [2.05, 4.69) is 0 Å². The number of benzene rings is 2. The number of primary amides is 1. The van der Waals surface area contributed by atoms with Gasteiger partial charge in [0.15, 0.2) is 12.4 Å². The summed E-state index contributed by atoms with van der Waals surface area (Å²) >= 11 is 0. The molecule has 0 spiro atoms. The van der Waals surface area contributed by atoms with Crippen LogP contribution >= 0.6 is 0 Å². The molecule has 0 bridgehead atoms. The van der Waals surface area contributed by atoms with Crippen molar-refractivity contribution in [3.63, 3.8) is 0 Å². The predicted octanol–water partition coefficient (Wildman–Crippen LogP) is 2.40. The molecular formula is C30H35NO9. The highest BCUT2D eigenvalue weighted by Gasteiger charge is 2.42. The van der Waals surface area contributed by atoms with E-state index < -0.39 is 48.5 Å². The molecule has 10 heteroatoms. The highest BCUT2D eigenvalue weighted by atomic mass is 16.5. The van der Waals surface area contributed by atoms with Gasteiger partial charge in [0, 0.05) is 29.9 Å². The number of ether oxygens (including phenoxy) is 3. The third-order valence-electron chi connectivity index (χ3n) is 6.45. The SMILES string of the molecule is NC(=O)c1ccc(C(=O)COC(=O)CC/C=C\CC[C@H]2C(=O)C[C@H](O)[C@H]2OCC(O)COc2ccccc2)cc1. The van der Waals surface area contributed by atoms with Crippen LogP contribution in [0.5, 0.6) is 5.75 Å². The minimum absolute atomic E-state index is 0.00943. The van der Waals surface area contributed by atoms with E-state index in [-0.39, 0.29) is 37.4 Å². The van der Waals surface area contributed by atoms with Crippen molar-refractivity contribution >= 4 is 23.4 Å². The monoisotopic (exact) mass is 553 g/mol. The van der Waals surface area contributed by atoms with Crippen LogP contribution in [-0.4, -0.2) is 71.8 Å². The average molecular weight is 554 g/mol. The van der Waals surface area contributed by atoms with Crippen molar-refractivity contribution in [2.45, 2.75) is 50.4 Å². The lowest BCUT2D eigenvalue weighted by Crippen LogP contribution is -2.34. The number of Topliss-reactive ketones (excluding diaryl/α,β-unsaturated/α-hetero) is 2. The Morgan fingerprint density at radius 3 is 2.35 bits per heavy atom. The molecule has 1 unspecified atom stereocenters. The Bertz CT molecular complexity index is 1160. The number of hydrogen-bond donors (Lipinski definition) is 3. The van der Waals surface area contributed by atoms with E-state index in [4.69, 9.17) is 19.9 Å². The largest absolute Gasteiger partial charge is 0.491 e. The molecule has 10 nitrogen and oxygen atoms in total. The lowest BCUT2D eigenvalue weighted by atomic mass is 9.98. The van der Waals surface area contributed by atoms with E-state index in [0.717, 1.165) is 0 Å². The maximum atomic E-state index is 12.4. The van der Waals surface area contributed by atoms with Gasteiger partial charge in [-0.1, -0.05) is 42.5 Å². The van der Waals surface area contributed by atoms with E-state index in [1.54, 1.807) is 18.2 Å². The zero-order chi connectivity index (χ0) is 28.9. The van der Waals surface area contributed by atoms with Gasteiger partial charge in [-0.25, -0.2) is 0 Å². The standard InChI is InChI=1S/C30H35NO9/c31-30(37)21-14-12-20(13-15-21)27(35)19-39-28(36)11-7-2-1-6-10-24-25(33)16-26(34)29(24)40-18-22(32)17-38-23-8-4-3-5-9-23/h1-5,8-9,12-15,22,24,26,29,32,34H,6-7,10-11,16-19H2,(H2,31,37)/b2-1-/t22?,24-,26-,29-/m0/s1. The van der Waals surface area contributed by atoms with Crippen LogP contribution in [0.1, 0.15) is 52.8 Å². The molecule has 214 valence electrons. The van der Waals surface area contributed by atoms with Crippen LogP contribution in [0.15, 0.2) is 66.7 Å². The molecule has 1 aliphatic carbocycles. The molecule has 0 aromatic heterocycles. The summed E-state index contributed by atoms with van der Waals surface area (Å²) in [6.45, 7) is -0.453. The molecule has 0 aliphatic heterocycles. The quantitative estimate of drug-likeness (QED) is 0.161. The summed E-state index contributed by atoms with van der Waals surface area (Å²) in [5.74, 6) is -1.47. The molecule has 4 atom stereocenters. The summed E-state index contributed by atoms with van der Waals surface area (Å²) in [6.07, 6.45) is 2.58. The molecule has 3 rings (SSSR count). The van der Waals surface area contributed by atoms with Gasteiger partial charge in [-0.05, 0) is 43.5 Å². The Morgan fingerprint density at radius 1 is 0.975 bits per heavy atom. The van der Waals surface area contributed by atoms with Crippen LogP contribution in [0.2, 0.25) is 0 Å². The Labute approximate surface area is 232 Å². The van der Waals surface area contributed by atoms with E-state index in [9.17, 15) is 29.4 Å². The molecule has 1 aliphatic rings. The summed E-state index contributed by atoms with van der Waals surface area (Å²) in [6, 6.07) is 14.8. The molecule has 1 saturated carbocycles. The van der Waals surface area contributed by atoms with Gasteiger partial charge in [-0.2, -0.15) is 0 Å². The van der Waals surface area contributed by atoms with Gasteiger partial charge in [0.25, 0.3) is 0 Å². The van der Waals surface area contributed by atoms with Crippen LogP contribution in [0, 0.1) is 5.92 Å². The predicted molar refractivity (Wildman–Crippen MR) is 145 cm³/mol. The summed E-state index contributed by atoms with van der Waals surface area (Å²) in [4.78, 5) is 47.6. The highest BCUT2D eigenvalue weighted by molar-refractivity contribution is 5.99. The van der Waals surface area contributed by atoms with Crippen LogP contribution in [0.25, 0.3) is 0 Å². The number of carbonyl (C=O) groups excluding carboxylic acids is 4. The number of nitrogens with two attached hydrogens (primary N) is 1. The zero-order valence-corrected chi connectivity index (χ0v) is 22.1. The summed E-state index contributed by atoms with van der Waals surface area (Å²) in [7, 11) is 0. The summed E-state index contributed by atoms with van der Waals surface area (Å²) in [5, 5.41) is 20.5. The van der Waals surface area contributed by atoms with Crippen molar-refractivity contribution in [1.29, 1.82) is 0 Å². The fourth-order valence-corrected chi connectivity index (χ4v) is 4.29. The van der Waals surface area contributed by atoms with Crippen molar-refractivity contribution < 1.29 is 43.6 Å². The molecule has 0 radical (unpaired) electrons. The smallest absolute Gasteiger partial charge is 0.306 e. The number of carbonyl (C=O) groups is 4. The molecule has 1 amide bonds. The minimum Gasteiger partial charge on any atom is -0.491 e. The first kappa shape index (κ1) is 30.7. The van der Waals surface area contributed by atoms with Gasteiger partial charge in [0.2, 0.25) is 5.91 Å². The number of hydrogen-bond acceptors (Lipinski definition) is 9. The third-order valence-corrected chi connectivity index (χ3v) is 6.45. The third kappa shape index (κ3) is 9.71. The number of allylic oxidation sites excluding steroid dienone is 2. The van der Waals surface area contributed by atoms with E-state index >= 15 is 0 Å². The maximum absolute atomic E-state index is 12.4. The fraction of sp³-hybridized carbons (Fsp3) is 0.400. The Kier molecular flexibility index (Phi) is 12.0. The number of esters is 1. The first-order valence-electron chi connectivity index (χ1n) is 13.2. The van der Waals surface area contributed by atoms with Gasteiger partial charge in [0.1, 0.15) is 24.2 Å². The first-order chi connectivity index (χ1) is 19.2. The topological polar surface area (TPSA) is 162 Å². The maximum Gasteiger partial charge on any atom is 0.306 e. The molecule has 0 saturated heterocycles. The van der Waals surface area contributed by atoms with Crippen molar-refractivity contribution in [2.75, 3.05) is 19.8 Å². The van der Waals surface area contributed by atoms with Crippen molar-refractivity contribution in [3.05, 3.63) is 77.9 Å². The molecular weight excluding hydrogens is 518 g/mol. The number of aliphatic hydroxyl groups is 2. The van der Waals surface area contributed by atoms with E-state index in [1.807, 2.05) is 24.3 Å². The van der Waals surface area contributed by atoms with E-state index in [1.165, 1.54) is 24.3 Å². The normalized spacial score (nSPS) is 19.4. The number of ketones is 2. The Morgan fingerprint density at radius 2 is 1.65 bits per heavy atom. The highest BCUT2D eigenvalue weighted by Crippen LogP contribution is 2.30. The molecule has 2 aromatic rings. The van der Waals surface area contributed by atoms with Gasteiger partial charge in [0.05, 0.1) is 18.8 Å². The van der Waals surface area contributed by atoms with Crippen LogP contribution in [0.4, 0.5) is 0 Å². The van der Waals surface area contributed by atoms with Crippen molar-refractivity contribution in [1.82, 2.24) is 0 Å². The van der Waals surface area contributed by atoms with Gasteiger partial charge in [-0.15, -0.1) is 0 Å². The van der Waals surface area contributed by atoms with Gasteiger partial charge in [-0.3, -0.25) is 19.2 Å². The number of para-hydroxylation sites is 1. The zero-order valence-electron chi connectivity index (χ0n) is 22.1. The first-order valence-corrected chi connectivity index (χ1v) is 13.2. The second-order valence-electron chi connectivity index (χ2n) is 9.53. The van der Waals surface area contributed by atoms with Gasteiger partial charge < -0.3 is 30.2 Å². The van der Waals surface area contributed by atoms with E-state index in [0.29, 0.717) is 30.6 Å². The average Bonchev–Trinajstić information content (AvgIpc) is 3.23. The molecule has 40 heavy (non-hydrogen) atoms. The van der Waals surface area contributed by atoms with Gasteiger partial charge >= 0.3 is 5.97 Å². The molecule has 0 heterocycles. The van der Waals surface area contributed by atoms with Crippen LogP contribution < -0.4 is 10.5 Å². The second-order valence-corrected chi connectivity index (χ2v) is 9.53. The Hall–Kier alpha value is -3.86.